The van der Waals surface area contributed by atoms with Gasteiger partial charge in [-0.2, -0.15) is 0 Å². The molecular formula is C20H14N2OS. The van der Waals surface area contributed by atoms with Gasteiger partial charge in [0.25, 0.3) is 0 Å². The van der Waals surface area contributed by atoms with E-state index in [0.717, 1.165) is 33.3 Å². The predicted molar refractivity (Wildman–Crippen MR) is 99.6 cm³/mol. The molecule has 0 unspecified atom stereocenters. The minimum Gasteiger partial charge on any atom is -0.437 e. The summed E-state index contributed by atoms with van der Waals surface area (Å²) in [7, 11) is 0. The molecule has 0 saturated heterocycles. The molecule has 4 aromatic heterocycles. The van der Waals surface area contributed by atoms with Crippen LogP contribution in [0.5, 0.6) is 0 Å². The van der Waals surface area contributed by atoms with E-state index in [1.165, 1.54) is 15.6 Å². The van der Waals surface area contributed by atoms with E-state index >= 15 is 0 Å². The minimum atomic E-state index is 0.686. The van der Waals surface area contributed by atoms with E-state index in [4.69, 9.17) is 4.42 Å². The molecule has 24 heavy (non-hydrogen) atoms. The van der Waals surface area contributed by atoms with Gasteiger partial charge in [-0.3, -0.25) is 4.98 Å². The van der Waals surface area contributed by atoms with Crippen LogP contribution in [-0.2, 0) is 0 Å². The summed E-state index contributed by atoms with van der Waals surface area (Å²) in [6.07, 6.45) is 1.96. The first-order valence-electron chi connectivity index (χ1n) is 7.84. The number of thiophene rings is 1. The molecule has 0 saturated carbocycles. The molecule has 4 heterocycles. The van der Waals surface area contributed by atoms with Crippen LogP contribution in [0.15, 0.2) is 52.4 Å². The van der Waals surface area contributed by atoms with E-state index in [1.54, 1.807) is 11.3 Å². The van der Waals surface area contributed by atoms with E-state index in [1.807, 2.05) is 19.2 Å². The summed E-state index contributed by atoms with van der Waals surface area (Å²) in [5.41, 5.74) is 5.71. The monoisotopic (exact) mass is 330 g/mol. The maximum absolute atomic E-state index is 6.09. The van der Waals surface area contributed by atoms with E-state index in [0.29, 0.717) is 5.71 Å². The third kappa shape index (κ3) is 1.90. The third-order valence-electron chi connectivity index (χ3n) is 4.43. The highest BCUT2D eigenvalue weighted by molar-refractivity contribution is 7.17. The van der Waals surface area contributed by atoms with Crippen LogP contribution in [0.2, 0.25) is 0 Å². The van der Waals surface area contributed by atoms with Crippen LogP contribution < -0.4 is 0 Å². The maximum Gasteiger partial charge on any atom is 0.227 e. The van der Waals surface area contributed by atoms with Crippen molar-refractivity contribution >= 4 is 43.5 Å². The van der Waals surface area contributed by atoms with Crippen LogP contribution in [0.3, 0.4) is 0 Å². The molecular weight excluding hydrogens is 316 g/mol. The lowest BCUT2D eigenvalue weighted by Gasteiger charge is -2.02. The van der Waals surface area contributed by atoms with Crippen molar-refractivity contribution in [2.45, 2.75) is 13.8 Å². The minimum absolute atomic E-state index is 0.686. The SMILES string of the molecule is Cc1ccc2c(n1)oc1c(-c3cc4scc(C)c4cn3)cccc12. The number of hydrogen-bond acceptors (Lipinski definition) is 4. The highest BCUT2D eigenvalue weighted by Gasteiger charge is 2.14. The van der Waals surface area contributed by atoms with Gasteiger partial charge in [0.1, 0.15) is 5.58 Å². The van der Waals surface area contributed by atoms with Crippen LogP contribution in [0.25, 0.3) is 43.4 Å². The normalized spacial score (nSPS) is 11.8. The van der Waals surface area contributed by atoms with Crippen molar-refractivity contribution in [1.29, 1.82) is 0 Å². The summed E-state index contributed by atoms with van der Waals surface area (Å²) >= 11 is 1.75. The summed E-state index contributed by atoms with van der Waals surface area (Å²) in [5, 5.41) is 5.52. The summed E-state index contributed by atoms with van der Waals surface area (Å²) in [6.45, 7) is 4.09. The van der Waals surface area contributed by atoms with Gasteiger partial charge in [0.05, 0.1) is 5.69 Å². The molecule has 5 aromatic rings. The molecule has 1 aromatic carbocycles. The van der Waals surface area contributed by atoms with Crippen LogP contribution in [0, 0.1) is 13.8 Å². The average Bonchev–Trinajstić information content (AvgIpc) is 3.14. The molecule has 116 valence electrons. The Hall–Kier alpha value is -2.72. The fraction of sp³-hybridized carbons (Fsp3) is 0.100. The molecule has 0 aliphatic heterocycles. The van der Waals surface area contributed by atoms with Crippen molar-refractivity contribution in [3.8, 4) is 11.3 Å². The highest BCUT2D eigenvalue weighted by atomic mass is 32.1. The van der Waals surface area contributed by atoms with Gasteiger partial charge in [0, 0.05) is 38.3 Å². The molecule has 0 aliphatic carbocycles. The lowest BCUT2D eigenvalue weighted by Crippen LogP contribution is -1.83. The Labute approximate surface area is 142 Å². The second kappa shape index (κ2) is 4.89. The van der Waals surface area contributed by atoms with Crippen molar-refractivity contribution in [1.82, 2.24) is 9.97 Å². The van der Waals surface area contributed by atoms with Crippen LogP contribution in [0.1, 0.15) is 11.3 Å². The number of hydrogen-bond donors (Lipinski definition) is 0. The van der Waals surface area contributed by atoms with Crippen LogP contribution in [0.4, 0.5) is 0 Å². The number of rotatable bonds is 1. The quantitative estimate of drug-likeness (QED) is 0.385. The standard InChI is InChI=1S/C20H14N2OS/c1-11-10-24-18-8-17(21-9-16(11)18)15-5-3-4-13-14-7-6-12(2)22-20(14)23-19(13)15/h3-10H,1-2H3. The number of pyridine rings is 2. The molecule has 0 radical (unpaired) electrons. The van der Waals surface area contributed by atoms with Gasteiger partial charge in [-0.15, -0.1) is 11.3 Å². The number of nitrogens with zero attached hydrogens (tertiary/aromatic N) is 2. The van der Waals surface area contributed by atoms with Gasteiger partial charge in [-0.25, -0.2) is 4.98 Å². The Bertz CT molecular complexity index is 1230. The molecule has 0 fully saturated rings. The van der Waals surface area contributed by atoms with Crippen LogP contribution in [-0.4, -0.2) is 9.97 Å². The fourth-order valence-electron chi connectivity index (χ4n) is 3.17. The van der Waals surface area contributed by atoms with Crippen LogP contribution >= 0.6 is 11.3 Å². The first-order valence-corrected chi connectivity index (χ1v) is 8.72. The first kappa shape index (κ1) is 13.7. The van der Waals surface area contributed by atoms with Crippen molar-refractivity contribution in [2.75, 3.05) is 0 Å². The largest absolute Gasteiger partial charge is 0.437 e. The fourth-order valence-corrected chi connectivity index (χ4v) is 4.12. The summed E-state index contributed by atoms with van der Waals surface area (Å²) in [6, 6.07) is 12.4. The molecule has 0 bridgehead atoms. The zero-order valence-corrected chi connectivity index (χ0v) is 14.1. The molecule has 5 rings (SSSR count). The Morgan fingerprint density at radius 1 is 1.00 bits per heavy atom. The van der Waals surface area contributed by atoms with E-state index in [9.17, 15) is 0 Å². The van der Waals surface area contributed by atoms with Gasteiger partial charge in [-0.1, -0.05) is 12.1 Å². The molecule has 0 amide bonds. The predicted octanol–water partition coefficient (Wildman–Crippen LogP) is 5.87. The molecule has 0 aliphatic rings. The van der Waals surface area contributed by atoms with E-state index in [2.05, 4.69) is 52.6 Å². The molecule has 0 N–H and O–H groups in total. The lowest BCUT2D eigenvalue weighted by molar-refractivity contribution is 0.653. The smallest absolute Gasteiger partial charge is 0.227 e. The number of fused-ring (bicyclic) bond motifs is 4. The van der Waals surface area contributed by atoms with Crippen molar-refractivity contribution in [2.24, 2.45) is 0 Å². The molecule has 0 atom stereocenters. The van der Waals surface area contributed by atoms with Gasteiger partial charge in [0.15, 0.2) is 0 Å². The van der Waals surface area contributed by atoms with Crippen molar-refractivity contribution in [3.05, 3.63) is 59.2 Å². The number of para-hydroxylation sites is 1. The molecule has 0 spiro atoms. The Morgan fingerprint density at radius 3 is 2.83 bits per heavy atom. The van der Waals surface area contributed by atoms with Gasteiger partial charge >= 0.3 is 0 Å². The number of benzene rings is 1. The number of aryl methyl sites for hydroxylation is 2. The summed E-state index contributed by atoms with van der Waals surface area (Å²) in [4.78, 5) is 9.19. The zero-order valence-electron chi connectivity index (χ0n) is 13.3. The second-order valence-electron chi connectivity index (χ2n) is 6.07. The zero-order chi connectivity index (χ0) is 16.3. The van der Waals surface area contributed by atoms with E-state index < -0.39 is 0 Å². The second-order valence-corrected chi connectivity index (χ2v) is 6.99. The Balaban J connectivity index is 1.82. The van der Waals surface area contributed by atoms with E-state index in [-0.39, 0.29) is 0 Å². The van der Waals surface area contributed by atoms with Crippen molar-refractivity contribution in [3.63, 3.8) is 0 Å². The van der Waals surface area contributed by atoms with Crippen molar-refractivity contribution < 1.29 is 4.42 Å². The van der Waals surface area contributed by atoms with Gasteiger partial charge in [-0.05, 0) is 49.1 Å². The summed E-state index contributed by atoms with van der Waals surface area (Å²) in [5.74, 6) is 0. The Kier molecular flexibility index (Phi) is 2.79. The Morgan fingerprint density at radius 2 is 1.92 bits per heavy atom. The highest BCUT2D eigenvalue weighted by Crippen LogP contribution is 2.36. The maximum atomic E-state index is 6.09. The lowest BCUT2D eigenvalue weighted by atomic mass is 10.1. The summed E-state index contributed by atoms with van der Waals surface area (Å²) < 4.78 is 7.34. The average molecular weight is 330 g/mol. The number of furan rings is 1. The van der Waals surface area contributed by atoms with Gasteiger partial charge in [0.2, 0.25) is 5.71 Å². The third-order valence-corrected chi connectivity index (χ3v) is 5.50. The van der Waals surface area contributed by atoms with Gasteiger partial charge < -0.3 is 4.42 Å². The topological polar surface area (TPSA) is 38.9 Å². The molecule has 3 nitrogen and oxygen atoms in total. The number of aromatic nitrogens is 2. The molecule has 4 heteroatoms. The first-order chi connectivity index (χ1) is 11.7.